The van der Waals surface area contributed by atoms with E-state index in [2.05, 4.69) is 158 Å². The van der Waals surface area contributed by atoms with Crippen molar-refractivity contribution in [2.75, 3.05) is 5.75 Å². The molecule has 34 heavy (non-hydrogen) atoms. The Bertz CT molecular complexity index is 1060. The predicted octanol–water partition coefficient (Wildman–Crippen LogP) is 4.30. The number of hydrogen-bond donors (Lipinski definition) is 0. The highest BCUT2D eigenvalue weighted by Gasteiger charge is 2.30. The van der Waals surface area contributed by atoms with Gasteiger partial charge in [0, 0.05) is 6.42 Å². The average molecular weight is 458 g/mol. The van der Waals surface area contributed by atoms with Crippen molar-refractivity contribution in [3.8, 4) is 0 Å². The number of aryl methyl sites for hydroxylation is 1. The zero-order chi connectivity index (χ0) is 23.5. The summed E-state index contributed by atoms with van der Waals surface area (Å²) >= 11 is 3.43. The number of hydrogen-bond acceptors (Lipinski definition) is 0. The minimum atomic E-state index is -1.22. The van der Waals surface area contributed by atoms with Gasteiger partial charge in [0.25, 0.3) is 0 Å². The number of benzene rings is 5. The summed E-state index contributed by atoms with van der Waals surface area (Å²) in [6.07, 6.45) is -0.0928. The summed E-state index contributed by atoms with van der Waals surface area (Å²) in [7, 11) is 0. The molecule has 5 aromatic carbocycles. The van der Waals surface area contributed by atoms with Gasteiger partial charge in [0.1, 0.15) is 11.9 Å². The summed E-state index contributed by atoms with van der Waals surface area (Å²) in [5.41, 5.74) is 6.75. The molecule has 5 rings (SSSR count). The molecule has 0 aromatic heterocycles. The van der Waals surface area contributed by atoms with Gasteiger partial charge in [-0.05, 0) is 18.2 Å². The Kier molecular flexibility index (Phi) is 8.43. The molecular weight excluding hydrogens is 427 g/mol. The van der Waals surface area contributed by atoms with Crippen LogP contribution in [-0.2, 0) is 19.0 Å². The molecule has 0 radical (unpaired) electrons. The quantitative estimate of drug-likeness (QED) is 0.263. The van der Waals surface area contributed by atoms with Gasteiger partial charge in [0.2, 0.25) is 0 Å². The van der Waals surface area contributed by atoms with Gasteiger partial charge in [0.15, 0.2) is 0 Å². The molecule has 0 spiro atoms. The first-order valence-electron chi connectivity index (χ1n) is 11.9. The molecule has 0 bridgehead atoms. The van der Waals surface area contributed by atoms with Gasteiger partial charge < -0.3 is 0 Å². The van der Waals surface area contributed by atoms with Crippen molar-refractivity contribution in [3.05, 3.63) is 157 Å². The van der Waals surface area contributed by atoms with Crippen LogP contribution in [0.25, 0.3) is 0 Å². The van der Waals surface area contributed by atoms with E-state index in [1.165, 1.54) is 27.4 Å². The first-order chi connectivity index (χ1) is 16.9. The van der Waals surface area contributed by atoms with E-state index in [1.807, 2.05) is 6.07 Å². The molecule has 0 atom stereocenters. The molecule has 2 heteroatoms. The molecule has 0 unspecified atom stereocenters. The van der Waals surface area contributed by atoms with Crippen molar-refractivity contribution in [3.63, 3.8) is 0 Å². The van der Waals surface area contributed by atoms with Crippen molar-refractivity contribution in [2.45, 2.75) is 6.42 Å². The van der Waals surface area contributed by atoms with Gasteiger partial charge in [-0.2, -0.15) is 21.9 Å². The van der Waals surface area contributed by atoms with Gasteiger partial charge in [-0.3, -0.25) is 0 Å². The Morgan fingerprint density at radius 2 is 0.647 bits per heavy atom. The summed E-state index contributed by atoms with van der Waals surface area (Å²) < 4.78 is 0. The smallest absolute Gasteiger partial charge is 0.108 e. The molecule has 0 N–H and O–H groups in total. The summed E-state index contributed by atoms with van der Waals surface area (Å²) in [6, 6.07) is 54.0. The van der Waals surface area contributed by atoms with Crippen molar-refractivity contribution in [1.82, 2.24) is 0 Å². The second-order valence-electron chi connectivity index (χ2n) is 8.49. The normalized spacial score (nSPS) is 10.7. The third-order valence-electron chi connectivity index (χ3n) is 6.45. The molecule has 0 saturated heterocycles. The molecule has 0 aliphatic carbocycles. The lowest BCUT2D eigenvalue weighted by Gasteiger charge is -2.44. The van der Waals surface area contributed by atoms with Gasteiger partial charge in [0.05, 0.1) is 0 Å². The van der Waals surface area contributed by atoms with E-state index in [-0.39, 0.29) is 0 Å². The standard InChI is InChI=1S/C24H20B.C8H10S/c1-5-13-21(14-6-1)25(22-15-7-2-8-16-22,23-17-9-3-10-18-23)24-19-11-4-12-20-24;9-7-6-8-4-2-1-3-5-8/h1-20H;1-5,9H,6-7H2/q-1;/p+1. The Morgan fingerprint density at radius 1 is 0.382 bits per heavy atom. The van der Waals surface area contributed by atoms with Crippen LogP contribution in [0.15, 0.2) is 152 Å². The van der Waals surface area contributed by atoms with Crippen LogP contribution in [-0.4, -0.2) is 11.9 Å². The van der Waals surface area contributed by atoms with Crippen LogP contribution in [0.5, 0.6) is 0 Å². The Balaban J connectivity index is 0.000000257. The second-order valence-corrected chi connectivity index (χ2v) is 8.99. The van der Waals surface area contributed by atoms with E-state index < -0.39 is 6.15 Å². The van der Waals surface area contributed by atoms with Crippen LogP contribution >= 0.6 is 0 Å². The first kappa shape index (κ1) is 23.7. The SMILES string of the molecule is [SH2+]CCc1ccccc1.c1ccc([B-](c2ccccc2)(c2ccccc2)c2ccccc2)cc1. The fourth-order valence-corrected chi connectivity index (χ4v) is 5.20. The van der Waals surface area contributed by atoms with Crippen molar-refractivity contribution in [1.29, 1.82) is 0 Å². The largest absolute Gasteiger partial charge is 0.195 e. The van der Waals surface area contributed by atoms with Crippen LogP contribution in [0, 0.1) is 0 Å². The lowest BCUT2D eigenvalue weighted by atomic mass is 9.13. The fraction of sp³-hybridized carbons (Fsp3) is 0.0625. The average Bonchev–Trinajstić information content (AvgIpc) is 2.93. The van der Waals surface area contributed by atoms with Crippen LogP contribution in [0.4, 0.5) is 0 Å². The summed E-state index contributed by atoms with van der Waals surface area (Å²) in [5.74, 6) is 1.05. The van der Waals surface area contributed by atoms with Crippen LogP contribution in [0.2, 0.25) is 0 Å². The summed E-state index contributed by atoms with van der Waals surface area (Å²) in [4.78, 5) is 0. The highest BCUT2D eigenvalue weighted by Crippen LogP contribution is 2.09. The van der Waals surface area contributed by atoms with Crippen LogP contribution < -0.4 is 21.9 Å². The maximum Gasteiger partial charge on any atom is 0.108 e. The van der Waals surface area contributed by atoms with E-state index >= 15 is 0 Å². The van der Waals surface area contributed by atoms with Gasteiger partial charge in [-0.15, -0.1) is 0 Å². The molecule has 0 aliphatic rings. The van der Waals surface area contributed by atoms with E-state index in [1.54, 1.807) is 0 Å². The zero-order valence-corrected chi connectivity index (χ0v) is 20.4. The van der Waals surface area contributed by atoms with Crippen LogP contribution in [0.3, 0.4) is 0 Å². The maximum absolute atomic E-state index is 3.43. The minimum Gasteiger partial charge on any atom is -0.195 e. The van der Waals surface area contributed by atoms with Crippen LogP contribution in [0.1, 0.15) is 5.56 Å². The molecule has 0 nitrogen and oxygen atoms in total. The fourth-order valence-electron chi connectivity index (χ4n) is 4.91. The zero-order valence-electron chi connectivity index (χ0n) is 19.4. The molecule has 0 amide bonds. The monoisotopic (exact) mass is 458 g/mol. The Morgan fingerprint density at radius 3 is 0.912 bits per heavy atom. The van der Waals surface area contributed by atoms with E-state index in [9.17, 15) is 0 Å². The summed E-state index contributed by atoms with van der Waals surface area (Å²) in [6.45, 7) is 0. The molecule has 0 saturated carbocycles. The van der Waals surface area contributed by atoms with Crippen molar-refractivity contribution in [2.24, 2.45) is 0 Å². The number of rotatable bonds is 6. The molecule has 0 fully saturated rings. The minimum absolute atomic E-state index is 1.05. The maximum atomic E-state index is 3.43. The lowest BCUT2D eigenvalue weighted by Crippen LogP contribution is -2.74. The molecule has 168 valence electrons. The lowest BCUT2D eigenvalue weighted by molar-refractivity contribution is 1.16. The van der Waals surface area contributed by atoms with Gasteiger partial charge in [-0.1, -0.05) is 152 Å². The topological polar surface area (TPSA) is 0 Å². The second kappa shape index (κ2) is 12.1. The highest BCUT2D eigenvalue weighted by molar-refractivity contribution is 7.58. The molecular formula is C32H31BS. The van der Waals surface area contributed by atoms with Crippen molar-refractivity contribution >= 4 is 40.6 Å². The van der Waals surface area contributed by atoms with E-state index in [0.29, 0.717) is 0 Å². The summed E-state index contributed by atoms with van der Waals surface area (Å²) in [5, 5.41) is 0. The predicted molar refractivity (Wildman–Crippen MR) is 155 cm³/mol. The molecule has 5 aromatic rings. The van der Waals surface area contributed by atoms with E-state index in [0.717, 1.165) is 12.2 Å². The van der Waals surface area contributed by atoms with Crippen molar-refractivity contribution < 1.29 is 0 Å². The van der Waals surface area contributed by atoms with Gasteiger partial charge in [-0.25, -0.2) is 0 Å². The first-order valence-corrected chi connectivity index (χ1v) is 12.6. The Hall–Kier alpha value is -3.49. The van der Waals surface area contributed by atoms with E-state index in [4.69, 9.17) is 0 Å². The highest BCUT2D eigenvalue weighted by atomic mass is 32.1. The Labute approximate surface area is 209 Å². The molecule has 0 aliphatic heterocycles. The third-order valence-corrected chi connectivity index (χ3v) is 6.70. The molecule has 0 heterocycles. The van der Waals surface area contributed by atoms with Gasteiger partial charge >= 0.3 is 0 Å². The third kappa shape index (κ3) is 5.35.